The SMILES string of the molecule is C=C1NC(C)=CC(C)=C1CNC(=C)c1cc(-c2ccc3c(c2)N(CC(F)(F)F)CC32CCCCC2)cc(N(CC)C2CCCCC2)c1C. The van der Waals surface area contributed by atoms with Crippen molar-refractivity contribution in [3.63, 3.8) is 0 Å². The normalized spacial score (nSPS) is 19.7. The van der Waals surface area contributed by atoms with Gasteiger partial charge >= 0.3 is 6.18 Å². The first kappa shape index (κ1) is 34.3. The number of hydrogen-bond donors (Lipinski definition) is 2. The molecule has 0 aromatic heterocycles. The fraction of sp³-hybridized carbons (Fsp3) is 0.512. The van der Waals surface area contributed by atoms with Crippen LogP contribution in [0.15, 0.2) is 72.1 Å². The van der Waals surface area contributed by atoms with Crippen molar-refractivity contribution in [1.82, 2.24) is 10.6 Å². The summed E-state index contributed by atoms with van der Waals surface area (Å²) < 4.78 is 41.8. The van der Waals surface area contributed by atoms with E-state index in [0.29, 0.717) is 19.1 Å². The largest absolute Gasteiger partial charge is 0.405 e. The van der Waals surface area contributed by atoms with Crippen LogP contribution in [0, 0.1) is 6.92 Å². The number of anilines is 2. The van der Waals surface area contributed by atoms with Crippen molar-refractivity contribution in [2.75, 3.05) is 36.0 Å². The Morgan fingerprint density at radius 1 is 1.00 bits per heavy atom. The van der Waals surface area contributed by atoms with Gasteiger partial charge in [-0.1, -0.05) is 63.8 Å². The van der Waals surface area contributed by atoms with Crippen LogP contribution in [0.25, 0.3) is 16.8 Å². The summed E-state index contributed by atoms with van der Waals surface area (Å²) >= 11 is 0. The molecule has 258 valence electrons. The molecule has 0 saturated heterocycles. The van der Waals surface area contributed by atoms with Crippen LogP contribution in [-0.2, 0) is 5.41 Å². The Morgan fingerprint density at radius 3 is 2.38 bits per heavy atom. The van der Waals surface area contributed by atoms with Gasteiger partial charge in [-0.3, -0.25) is 0 Å². The third kappa shape index (κ3) is 6.93. The van der Waals surface area contributed by atoms with Gasteiger partial charge in [-0.25, -0.2) is 0 Å². The van der Waals surface area contributed by atoms with Gasteiger partial charge in [0.2, 0.25) is 0 Å². The highest BCUT2D eigenvalue weighted by Crippen LogP contribution is 2.51. The molecule has 2 heterocycles. The fourth-order valence-electron chi connectivity index (χ4n) is 9.00. The predicted molar refractivity (Wildman–Crippen MR) is 195 cm³/mol. The molecule has 7 heteroatoms. The average molecular weight is 659 g/mol. The van der Waals surface area contributed by atoms with E-state index in [-0.39, 0.29) is 5.41 Å². The minimum Gasteiger partial charge on any atom is -0.381 e. The Morgan fingerprint density at radius 2 is 1.71 bits per heavy atom. The zero-order valence-electron chi connectivity index (χ0n) is 29.4. The molecule has 2 aromatic carbocycles. The number of allylic oxidation sites excluding steroid dienone is 3. The van der Waals surface area contributed by atoms with Gasteiger partial charge in [-0.15, -0.1) is 0 Å². The molecule has 4 aliphatic rings. The molecule has 2 saturated carbocycles. The lowest BCUT2D eigenvalue weighted by Crippen LogP contribution is -2.39. The van der Waals surface area contributed by atoms with Gasteiger partial charge < -0.3 is 20.4 Å². The van der Waals surface area contributed by atoms with Gasteiger partial charge in [0.15, 0.2) is 0 Å². The first-order valence-corrected chi connectivity index (χ1v) is 18.0. The topological polar surface area (TPSA) is 30.5 Å². The van der Waals surface area contributed by atoms with Gasteiger partial charge in [0, 0.05) is 65.1 Å². The maximum atomic E-state index is 13.9. The third-order valence-electron chi connectivity index (χ3n) is 11.4. The van der Waals surface area contributed by atoms with E-state index < -0.39 is 12.7 Å². The lowest BCUT2D eigenvalue weighted by atomic mass is 9.70. The highest BCUT2D eigenvalue weighted by molar-refractivity contribution is 5.82. The summed E-state index contributed by atoms with van der Waals surface area (Å²) in [6.07, 6.45) is 9.21. The standard InChI is InChI=1S/C41H53F3N4/c1-7-48(34-14-10-8-11-15-34)38-23-33(21-35(29(38)4)30(5)45-24-36-27(2)20-28(3)46-31(36)6)32-16-17-37-39(22-32)47(26-41(42,43)44)25-40(37)18-12-9-13-19-40/h16-17,20-23,34,45-46H,5-15,18-19,24-26H2,1-4H3. The second-order valence-corrected chi connectivity index (χ2v) is 14.7. The van der Waals surface area contributed by atoms with Crippen molar-refractivity contribution < 1.29 is 13.2 Å². The Hall–Kier alpha value is -3.61. The molecule has 0 unspecified atom stereocenters. The maximum Gasteiger partial charge on any atom is 0.405 e. The van der Waals surface area contributed by atoms with Crippen LogP contribution in [-0.4, -0.2) is 38.4 Å². The Labute approximate surface area is 285 Å². The number of halogens is 3. The molecular formula is C41H53F3N4. The van der Waals surface area contributed by atoms with E-state index in [2.05, 4.69) is 79.8 Å². The van der Waals surface area contributed by atoms with Crippen LogP contribution in [0.4, 0.5) is 24.5 Å². The smallest absolute Gasteiger partial charge is 0.381 e. The molecular weight excluding hydrogens is 605 g/mol. The van der Waals surface area contributed by atoms with Crippen LogP contribution >= 0.6 is 0 Å². The summed E-state index contributed by atoms with van der Waals surface area (Å²) in [6, 6.07) is 11.3. The van der Waals surface area contributed by atoms with Gasteiger partial charge in [-0.05, 0) is 111 Å². The molecule has 0 bridgehead atoms. The lowest BCUT2D eigenvalue weighted by molar-refractivity contribution is -0.119. The molecule has 6 rings (SSSR count). The van der Waals surface area contributed by atoms with Gasteiger partial charge in [0.05, 0.1) is 0 Å². The zero-order chi connectivity index (χ0) is 34.2. The monoisotopic (exact) mass is 658 g/mol. The summed E-state index contributed by atoms with van der Waals surface area (Å²) in [7, 11) is 0. The Balaban J connectivity index is 1.42. The van der Waals surface area contributed by atoms with Crippen LogP contribution in [0.1, 0.15) is 102 Å². The third-order valence-corrected chi connectivity index (χ3v) is 11.4. The number of rotatable bonds is 9. The molecule has 2 aliphatic heterocycles. The van der Waals surface area contributed by atoms with E-state index in [1.807, 2.05) is 13.0 Å². The molecule has 48 heavy (non-hydrogen) atoms. The van der Waals surface area contributed by atoms with Crippen LogP contribution in [0.2, 0.25) is 0 Å². The Kier molecular flexibility index (Phi) is 9.79. The predicted octanol–water partition coefficient (Wildman–Crippen LogP) is 10.3. The fourth-order valence-corrected chi connectivity index (χ4v) is 9.00. The van der Waals surface area contributed by atoms with Crippen molar-refractivity contribution in [3.05, 3.63) is 88.8 Å². The van der Waals surface area contributed by atoms with Crippen LogP contribution in [0.5, 0.6) is 0 Å². The minimum atomic E-state index is -4.26. The number of hydrogen-bond acceptors (Lipinski definition) is 4. The summed E-state index contributed by atoms with van der Waals surface area (Å²) in [5, 5.41) is 6.96. The molecule has 2 aromatic rings. The lowest BCUT2D eigenvalue weighted by Gasteiger charge is -2.37. The highest BCUT2D eigenvalue weighted by Gasteiger charge is 2.46. The number of fused-ring (bicyclic) bond motifs is 2. The number of nitrogens with zero attached hydrogens (tertiary/aromatic N) is 2. The number of benzene rings is 2. The van der Waals surface area contributed by atoms with E-state index in [0.717, 1.165) is 89.3 Å². The molecule has 0 atom stereocenters. The second-order valence-electron chi connectivity index (χ2n) is 14.7. The number of alkyl halides is 3. The molecule has 0 radical (unpaired) electrons. The zero-order valence-corrected chi connectivity index (χ0v) is 29.4. The quantitative estimate of drug-likeness (QED) is 0.281. The molecule has 2 N–H and O–H groups in total. The van der Waals surface area contributed by atoms with Crippen LogP contribution in [0.3, 0.4) is 0 Å². The van der Waals surface area contributed by atoms with E-state index in [1.165, 1.54) is 48.9 Å². The van der Waals surface area contributed by atoms with Crippen molar-refractivity contribution in [2.24, 2.45) is 0 Å². The first-order chi connectivity index (χ1) is 22.9. The van der Waals surface area contributed by atoms with Crippen molar-refractivity contribution in [3.8, 4) is 11.1 Å². The van der Waals surface area contributed by atoms with E-state index in [1.54, 1.807) is 4.90 Å². The summed E-state index contributed by atoms with van der Waals surface area (Å²) in [5.74, 6) is 0. The molecule has 2 fully saturated rings. The Bertz CT molecular complexity index is 1620. The first-order valence-electron chi connectivity index (χ1n) is 18.0. The number of dihydropyridines is 1. The molecule has 2 aliphatic carbocycles. The van der Waals surface area contributed by atoms with E-state index in [9.17, 15) is 13.2 Å². The maximum absolute atomic E-state index is 13.9. The van der Waals surface area contributed by atoms with E-state index >= 15 is 0 Å². The summed E-state index contributed by atoms with van der Waals surface area (Å²) in [6.45, 7) is 18.4. The van der Waals surface area contributed by atoms with Crippen molar-refractivity contribution in [1.29, 1.82) is 0 Å². The minimum absolute atomic E-state index is 0.183. The van der Waals surface area contributed by atoms with Gasteiger partial charge in [0.25, 0.3) is 0 Å². The number of nitrogens with one attached hydrogen (secondary N) is 2. The molecule has 0 amide bonds. The summed E-state index contributed by atoms with van der Waals surface area (Å²) in [4.78, 5) is 4.17. The summed E-state index contributed by atoms with van der Waals surface area (Å²) in [5.41, 5.74) is 12.1. The van der Waals surface area contributed by atoms with Crippen molar-refractivity contribution >= 4 is 17.1 Å². The van der Waals surface area contributed by atoms with E-state index in [4.69, 9.17) is 0 Å². The second kappa shape index (κ2) is 13.7. The van der Waals surface area contributed by atoms with Gasteiger partial charge in [-0.2, -0.15) is 13.2 Å². The van der Waals surface area contributed by atoms with Crippen molar-refractivity contribution in [2.45, 2.75) is 110 Å². The molecule has 4 nitrogen and oxygen atoms in total. The molecule has 1 spiro atoms. The van der Waals surface area contributed by atoms with Crippen LogP contribution < -0.4 is 20.4 Å². The average Bonchev–Trinajstić information content (AvgIpc) is 3.32. The van der Waals surface area contributed by atoms with Gasteiger partial charge in [0.1, 0.15) is 6.54 Å². The highest BCUT2D eigenvalue weighted by atomic mass is 19.4.